The second kappa shape index (κ2) is 7.49. The molecule has 4 nitrogen and oxygen atoms in total. The zero-order chi connectivity index (χ0) is 11.8. The van der Waals surface area contributed by atoms with Crippen molar-refractivity contribution >= 4 is 5.84 Å². The van der Waals surface area contributed by atoms with Crippen molar-refractivity contribution in [3.05, 3.63) is 0 Å². The second-order valence-electron chi connectivity index (χ2n) is 4.77. The van der Waals surface area contributed by atoms with Gasteiger partial charge >= 0.3 is 0 Å². The van der Waals surface area contributed by atoms with Crippen LogP contribution in [-0.2, 0) is 0 Å². The van der Waals surface area contributed by atoms with Gasteiger partial charge in [0, 0.05) is 6.42 Å². The van der Waals surface area contributed by atoms with Crippen molar-refractivity contribution in [3.63, 3.8) is 0 Å². The summed E-state index contributed by atoms with van der Waals surface area (Å²) in [5.74, 6) is 1.30. The van der Waals surface area contributed by atoms with Gasteiger partial charge in [-0.15, -0.1) is 0 Å². The van der Waals surface area contributed by atoms with E-state index < -0.39 is 0 Å². The third-order valence-corrected chi connectivity index (χ3v) is 3.44. The van der Waals surface area contributed by atoms with Gasteiger partial charge in [0.15, 0.2) is 0 Å². The lowest BCUT2D eigenvalue weighted by atomic mass is 9.92. The van der Waals surface area contributed by atoms with E-state index in [1.807, 2.05) is 0 Å². The molecule has 0 aromatic heterocycles. The molecule has 1 saturated heterocycles. The van der Waals surface area contributed by atoms with Crippen LogP contribution in [0.2, 0.25) is 0 Å². The van der Waals surface area contributed by atoms with Crippen molar-refractivity contribution in [1.82, 2.24) is 4.90 Å². The van der Waals surface area contributed by atoms with E-state index in [0.29, 0.717) is 12.3 Å². The lowest BCUT2D eigenvalue weighted by Gasteiger charge is -2.31. The summed E-state index contributed by atoms with van der Waals surface area (Å²) < 4.78 is 0. The van der Waals surface area contributed by atoms with Gasteiger partial charge in [-0.1, -0.05) is 24.9 Å². The first kappa shape index (κ1) is 13.3. The molecule has 3 N–H and O–H groups in total. The molecule has 0 aromatic carbocycles. The van der Waals surface area contributed by atoms with Crippen molar-refractivity contribution in [2.75, 3.05) is 19.6 Å². The van der Waals surface area contributed by atoms with Crippen LogP contribution in [0.1, 0.15) is 45.4 Å². The Hall–Kier alpha value is -0.770. The van der Waals surface area contributed by atoms with Crippen LogP contribution in [-0.4, -0.2) is 35.6 Å². The highest BCUT2D eigenvalue weighted by Crippen LogP contribution is 2.21. The first-order valence-electron chi connectivity index (χ1n) is 6.45. The molecule has 0 unspecified atom stereocenters. The maximum Gasteiger partial charge on any atom is 0.139 e. The fourth-order valence-corrected chi connectivity index (χ4v) is 2.44. The standard InChI is InChI=1S/C12H25N3O/c1-2-4-11-6-9-15(10-7-11)8-3-5-12(13)14-16/h11,16H,2-10H2,1H3,(H2,13,14). The first-order chi connectivity index (χ1) is 7.76. The van der Waals surface area contributed by atoms with E-state index in [9.17, 15) is 0 Å². The molecular formula is C12H25N3O. The maximum absolute atomic E-state index is 8.41. The van der Waals surface area contributed by atoms with E-state index in [0.717, 1.165) is 18.9 Å². The van der Waals surface area contributed by atoms with Gasteiger partial charge < -0.3 is 15.8 Å². The summed E-state index contributed by atoms with van der Waals surface area (Å²) in [4.78, 5) is 2.50. The van der Waals surface area contributed by atoms with E-state index >= 15 is 0 Å². The van der Waals surface area contributed by atoms with E-state index in [1.165, 1.54) is 38.8 Å². The molecule has 1 aliphatic rings. The number of amidine groups is 1. The molecule has 4 heteroatoms. The highest BCUT2D eigenvalue weighted by atomic mass is 16.4. The van der Waals surface area contributed by atoms with Crippen molar-refractivity contribution in [3.8, 4) is 0 Å². The summed E-state index contributed by atoms with van der Waals surface area (Å²) >= 11 is 0. The van der Waals surface area contributed by atoms with Gasteiger partial charge in [-0.3, -0.25) is 0 Å². The van der Waals surface area contributed by atoms with Crippen LogP contribution in [0, 0.1) is 5.92 Å². The van der Waals surface area contributed by atoms with E-state index in [1.54, 1.807) is 0 Å². The minimum Gasteiger partial charge on any atom is -0.409 e. The zero-order valence-corrected chi connectivity index (χ0v) is 10.4. The Labute approximate surface area is 98.5 Å². The highest BCUT2D eigenvalue weighted by molar-refractivity contribution is 5.79. The minimum atomic E-state index is 0.348. The monoisotopic (exact) mass is 227 g/mol. The predicted molar refractivity (Wildman–Crippen MR) is 66.7 cm³/mol. The van der Waals surface area contributed by atoms with Crippen molar-refractivity contribution in [2.45, 2.75) is 45.4 Å². The summed E-state index contributed by atoms with van der Waals surface area (Å²) in [5.41, 5.74) is 5.43. The van der Waals surface area contributed by atoms with Gasteiger partial charge in [0.1, 0.15) is 5.84 Å². The fourth-order valence-electron chi connectivity index (χ4n) is 2.44. The lowest BCUT2D eigenvalue weighted by molar-refractivity contribution is 0.177. The maximum atomic E-state index is 8.41. The molecule has 0 radical (unpaired) electrons. The van der Waals surface area contributed by atoms with E-state index in [2.05, 4.69) is 17.0 Å². The van der Waals surface area contributed by atoms with Gasteiger partial charge in [-0.25, -0.2) is 0 Å². The topological polar surface area (TPSA) is 61.8 Å². The smallest absolute Gasteiger partial charge is 0.139 e. The molecule has 0 saturated carbocycles. The molecule has 1 rings (SSSR count). The Morgan fingerprint density at radius 3 is 2.69 bits per heavy atom. The van der Waals surface area contributed by atoms with Crippen LogP contribution in [0.3, 0.4) is 0 Å². The number of hydrogen-bond acceptors (Lipinski definition) is 3. The Bertz CT molecular complexity index is 210. The number of oxime groups is 1. The van der Waals surface area contributed by atoms with Gasteiger partial charge in [0.05, 0.1) is 0 Å². The molecule has 0 amide bonds. The molecule has 1 aliphatic heterocycles. The zero-order valence-electron chi connectivity index (χ0n) is 10.4. The molecule has 0 aromatic rings. The molecule has 94 valence electrons. The summed E-state index contributed by atoms with van der Waals surface area (Å²) in [5, 5.41) is 11.4. The molecule has 1 fully saturated rings. The van der Waals surface area contributed by atoms with Crippen molar-refractivity contribution < 1.29 is 5.21 Å². The average molecular weight is 227 g/mol. The van der Waals surface area contributed by atoms with E-state index in [4.69, 9.17) is 10.9 Å². The Morgan fingerprint density at radius 1 is 1.44 bits per heavy atom. The first-order valence-corrected chi connectivity index (χ1v) is 6.45. The number of rotatable bonds is 6. The third kappa shape index (κ3) is 4.84. The molecule has 16 heavy (non-hydrogen) atoms. The molecule has 0 bridgehead atoms. The quantitative estimate of drug-likeness (QED) is 0.316. The van der Waals surface area contributed by atoms with Crippen LogP contribution < -0.4 is 5.73 Å². The largest absolute Gasteiger partial charge is 0.409 e. The number of nitrogens with two attached hydrogens (primary N) is 1. The highest BCUT2D eigenvalue weighted by Gasteiger charge is 2.17. The normalized spacial score (nSPS) is 20.2. The Balaban J connectivity index is 2.08. The third-order valence-electron chi connectivity index (χ3n) is 3.44. The van der Waals surface area contributed by atoms with Crippen LogP contribution >= 0.6 is 0 Å². The minimum absolute atomic E-state index is 0.348. The van der Waals surface area contributed by atoms with Gasteiger partial charge in [0.25, 0.3) is 0 Å². The molecule has 1 heterocycles. The van der Waals surface area contributed by atoms with Crippen molar-refractivity contribution in [2.24, 2.45) is 16.8 Å². The Morgan fingerprint density at radius 2 is 2.12 bits per heavy atom. The van der Waals surface area contributed by atoms with Gasteiger partial charge in [0.2, 0.25) is 0 Å². The second-order valence-corrected chi connectivity index (χ2v) is 4.77. The summed E-state index contributed by atoms with van der Waals surface area (Å²) in [6.07, 6.45) is 7.08. The molecule has 0 aliphatic carbocycles. The Kier molecular flexibility index (Phi) is 6.23. The molecule has 0 atom stereocenters. The van der Waals surface area contributed by atoms with Gasteiger partial charge in [-0.2, -0.15) is 0 Å². The van der Waals surface area contributed by atoms with Crippen LogP contribution in [0.4, 0.5) is 0 Å². The number of nitrogens with zero attached hydrogens (tertiary/aromatic N) is 2. The fraction of sp³-hybridized carbons (Fsp3) is 0.917. The number of piperidine rings is 1. The lowest BCUT2D eigenvalue weighted by Crippen LogP contribution is -2.34. The average Bonchev–Trinajstić information content (AvgIpc) is 2.31. The predicted octanol–water partition coefficient (Wildman–Crippen LogP) is 2.03. The van der Waals surface area contributed by atoms with Crippen LogP contribution in [0.15, 0.2) is 5.16 Å². The van der Waals surface area contributed by atoms with Crippen LogP contribution in [0.5, 0.6) is 0 Å². The van der Waals surface area contributed by atoms with E-state index in [-0.39, 0.29) is 0 Å². The molecular weight excluding hydrogens is 202 g/mol. The van der Waals surface area contributed by atoms with Crippen LogP contribution in [0.25, 0.3) is 0 Å². The SMILES string of the molecule is CCCC1CCN(CCCC(N)=NO)CC1. The number of hydrogen-bond donors (Lipinski definition) is 2. The molecule has 0 spiro atoms. The van der Waals surface area contributed by atoms with Crippen molar-refractivity contribution in [1.29, 1.82) is 0 Å². The number of likely N-dealkylation sites (tertiary alicyclic amines) is 1. The summed E-state index contributed by atoms with van der Waals surface area (Å²) in [7, 11) is 0. The summed E-state index contributed by atoms with van der Waals surface area (Å²) in [6, 6.07) is 0. The van der Waals surface area contributed by atoms with Gasteiger partial charge in [-0.05, 0) is 44.8 Å². The summed E-state index contributed by atoms with van der Waals surface area (Å²) in [6.45, 7) is 5.79.